The Bertz CT molecular complexity index is 6170. The van der Waals surface area contributed by atoms with Crippen molar-refractivity contribution in [2.75, 3.05) is 5.73 Å². The molecule has 0 aromatic carbocycles. The second-order valence-corrected chi connectivity index (χ2v) is 33.5. The molecule has 43 nitrogen and oxygen atoms in total. The van der Waals surface area contributed by atoms with Gasteiger partial charge in [-0.3, -0.25) is 34.6 Å². The van der Waals surface area contributed by atoms with Crippen LogP contribution in [0.15, 0.2) is 160 Å². The van der Waals surface area contributed by atoms with E-state index in [-0.39, 0.29) is 216 Å². The molecule has 16 rings (SSSR count). The average molecular weight is 2190 g/mol. The van der Waals surface area contributed by atoms with Crippen molar-refractivity contribution in [2.45, 2.75) is 104 Å². The van der Waals surface area contributed by atoms with Gasteiger partial charge in [-0.05, 0) is 77.5 Å². The quantitative estimate of drug-likeness (QED) is 0.0143. The number of carboxylic acids is 1. The SMILES string of the molecule is CC[C@@H](C)c1c(C(=O)O)cnc2cc(Cl)nn12.CC[C@@H](C)c1c(CC(=O)Cc2cnc(-n3nccn3)c(Cl)c2)cnc2cc(Cl)nn12.CC[C@@H](C)c1c(CC(=O)Cc2cnc(-n3nccn3)c(Cl)c2)cnc2cc(Cl)nn12.Cl.Nc1cnc(-n2nccn2)c(Cl)c1.O=CO[O-].O=[N+]([O-])c1cnc(-n2nccn2)c(Cl)c1.O=[N+]([O-])c1cnc(Cl)c(Cl)c1.[Cl][Sn][Cl].[H-].[K+].[K+].c1cn[nH]n1. The summed E-state index contributed by atoms with van der Waals surface area (Å²) in [5.41, 5.74) is 13.4. The van der Waals surface area contributed by atoms with Crippen molar-refractivity contribution in [3.05, 3.63) is 271 Å². The van der Waals surface area contributed by atoms with Crippen molar-refractivity contribution in [1.82, 2.24) is 144 Å². The molecule has 676 valence electrons. The predicted octanol–water partition coefficient (Wildman–Crippen LogP) is 8.55. The van der Waals surface area contributed by atoms with Crippen LogP contribution in [0.5, 0.6) is 0 Å². The van der Waals surface area contributed by atoms with E-state index >= 15 is 0 Å². The fraction of sp³-hybridized carbons (Fsp3) is 0.219. The summed E-state index contributed by atoms with van der Waals surface area (Å²) in [4.78, 5) is 105. The van der Waals surface area contributed by atoms with Gasteiger partial charge in [-0.25, -0.2) is 58.2 Å². The molecule has 16 aromatic heterocycles. The number of nitro groups is 2. The largest absolute Gasteiger partial charge is 1.00 e. The number of Topliss-reactive ketones (excluding diaryl/α,β-unsaturated/α-hetero) is 2. The van der Waals surface area contributed by atoms with Crippen LogP contribution >= 0.6 is 135 Å². The number of nitrogens with two attached hydrogens (primary N) is 1. The molecule has 0 fully saturated rings. The number of fused-ring (bicyclic) bond motifs is 3. The van der Waals surface area contributed by atoms with E-state index in [1.54, 1.807) is 120 Å². The Balaban J connectivity index is 0.000000331. The zero-order valence-corrected chi connectivity index (χ0v) is 87.6. The number of nitrogens with one attached hydrogen (secondary N) is 1. The molecule has 3 atom stereocenters. The van der Waals surface area contributed by atoms with Crippen LogP contribution in [0.1, 0.15) is 130 Å². The summed E-state index contributed by atoms with van der Waals surface area (Å²) in [6.45, 7) is 12.2. The molecule has 0 aliphatic heterocycles. The second kappa shape index (κ2) is 57.4. The van der Waals surface area contributed by atoms with Crippen LogP contribution in [0.4, 0.5) is 17.1 Å². The van der Waals surface area contributed by atoms with E-state index in [2.05, 4.69) is 144 Å². The molecule has 0 aliphatic carbocycles. The fourth-order valence-corrected chi connectivity index (χ4v) is 12.9. The third kappa shape index (κ3) is 33.6. The van der Waals surface area contributed by atoms with E-state index in [0.29, 0.717) is 76.3 Å². The molecule has 0 unspecified atom stereocenters. The Morgan fingerprint density at radius 2 is 0.786 bits per heavy atom. The van der Waals surface area contributed by atoms with Gasteiger partial charge >= 0.3 is 145 Å². The zero-order chi connectivity index (χ0) is 93.3. The Hall–Kier alpha value is -8.30. The molecule has 58 heteroatoms. The molecule has 0 amide bonds. The molecular formula is C73H68Cl12K2N32O11Sn. The van der Waals surface area contributed by atoms with E-state index in [1.165, 1.54) is 54.6 Å². The van der Waals surface area contributed by atoms with Crippen LogP contribution in [-0.2, 0) is 45.0 Å². The summed E-state index contributed by atoms with van der Waals surface area (Å²) in [6.07, 6.45) is 30.6. The Morgan fingerprint density at radius 3 is 1.09 bits per heavy atom. The first-order valence-corrected chi connectivity index (χ1v) is 47.3. The smallest absolute Gasteiger partial charge is 1.00 e. The third-order valence-electron chi connectivity index (χ3n) is 17.1. The number of rotatable bonds is 22. The van der Waals surface area contributed by atoms with Crippen LogP contribution in [0.3, 0.4) is 0 Å². The van der Waals surface area contributed by atoms with Crippen LogP contribution in [0.25, 0.3) is 40.2 Å². The number of H-pyrrole nitrogens is 1. The van der Waals surface area contributed by atoms with Crippen LogP contribution < -0.4 is 114 Å². The number of anilines is 1. The first-order valence-electron chi connectivity index (χ1n) is 36.6. The average Bonchev–Trinajstić information content (AvgIpc) is 1.63. The van der Waals surface area contributed by atoms with Crippen molar-refractivity contribution in [2.24, 2.45) is 0 Å². The molecule has 16 heterocycles. The van der Waals surface area contributed by atoms with Gasteiger partial charge in [-0.1, -0.05) is 146 Å². The summed E-state index contributed by atoms with van der Waals surface area (Å²) in [7, 11) is 9.87. The second-order valence-electron chi connectivity index (χ2n) is 25.7. The number of pyridine rings is 5. The van der Waals surface area contributed by atoms with Crippen molar-refractivity contribution in [3.63, 3.8) is 0 Å². The van der Waals surface area contributed by atoms with E-state index in [4.69, 9.17) is 143 Å². The standard InChI is InChI=1S/2C20H19Cl2N7O.C11H12ClN3O2.C7H4ClN5O2.C7H6ClN5.C5H2Cl2N2O2.C2H3N3.CH2O3.3ClH.2K.Sn.H/c2*1-3-12(2)19-14(11-23-18-9-17(22)27-28(18)19)8-15(30)6-13-7-16(21)20(24-10-13)29-25-4-5-26-29;1-3-6(2)10-7(11(16)17)5-13-9-4-8(12)14-15(9)10;8-6-3-5(13(14)15)4-9-7(6)12-10-1-2-11-12;8-6-3-5(9)4-10-7(6)13-11-1-2-12-13;6-4-1-3(9(10)11)2-8-5(4)7;1-2-4-5-3-1;2-1-4-3;;;;;;;/h2*4-5,7,9-12H,3,6,8H2,1-2H3;4-6H,3H2,1-2H3,(H,16,17);1-4H;1-4H,9H2;1-2H;1-2H,(H,3,4,5);1,3H;3*1H;;;;/q;;;;;;;;;;;2*+1;+2;-1/p-3/t2*12-;6-;;;;;;;;;;;;/m111............/s1. The molecule has 0 saturated heterocycles. The van der Waals surface area contributed by atoms with Gasteiger partial charge in [-0.2, -0.15) is 71.5 Å². The molecule has 0 aliphatic rings. The summed E-state index contributed by atoms with van der Waals surface area (Å²) in [5.74, 6) is 1.10. The minimum absolute atomic E-state index is 0. The van der Waals surface area contributed by atoms with Crippen molar-refractivity contribution in [1.29, 1.82) is 0 Å². The van der Waals surface area contributed by atoms with Gasteiger partial charge in [0.05, 0.1) is 131 Å². The Labute approximate surface area is 896 Å². The van der Waals surface area contributed by atoms with Crippen molar-refractivity contribution >= 4 is 212 Å². The number of ketones is 2. The van der Waals surface area contributed by atoms with E-state index in [1.807, 2.05) is 13.8 Å². The number of carbonyl (C=O) groups is 4. The number of aromatic nitrogens is 29. The monoisotopic (exact) mass is 2190 g/mol. The van der Waals surface area contributed by atoms with E-state index in [9.17, 15) is 34.6 Å². The van der Waals surface area contributed by atoms with Crippen LogP contribution in [0, 0.1) is 20.2 Å². The number of carboxylic acid groups (broad SMARTS) is 1. The minimum Gasteiger partial charge on any atom is -1.00 e. The fourth-order valence-electron chi connectivity index (χ4n) is 11.1. The maximum absolute atomic E-state index is 12.8. The van der Waals surface area contributed by atoms with Gasteiger partial charge in [0.2, 0.25) is 0 Å². The number of nitrogen functional groups attached to an aromatic ring is 1. The van der Waals surface area contributed by atoms with Crippen molar-refractivity contribution < 1.29 is 148 Å². The molecule has 4 N–H and O–H groups in total. The number of halogens is 12. The van der Waals surface area contributed by atoms with Crippen molar-refractivity contribution in [3.8, 4) is 23.3 Å². The number of aromatic amines is 1. The number of aromatic carboxylic acids is 1. The van der Waals surface area contributed by atoms with E-state index in [0.717, 1.165) is 71.4 Å². The predicted molar refractivity (Wildman–Crippen MR) is 480 cm³/mol. The molecule has 131 heavy (non-hydrogen) atoms. The molecule has 2 radical (unpaired) electrons. The topological polar surface area (TPSA) is 553 Å². The Kier molecular flexibility index (Phi) is 49.6. The van der Waals surface area contributed by atoms with Gasteiger partial charge < -0.3 is 22.4 Å². The first kappa shape index (κ1) is 113. The minimum atomic E-state index is -0.999. The third-order valence-corrected chi connectivity index (χ3v) is 19.4. The van der Waals surface area contributed by atoms with Gasteiger partial charge in [0, 0.05) is 87.0 Å². The van der Waals surface area contributed by atoms with Gasteiger partial charge in [0.15, 0.2) is 55.7 Å². The maximum atomic E-state index is 12.8. The molecule has 0 saturated carbocycles. The number of nitrogens with zero attached hydrogens (tertiary/aromatic N) is 30. The van der Waals surface area contributed by atoms with E-state index < -0.39 is 34.7 Å². The molecule has 16 aromatic rings. The van der Waals surface area contributed by atoms with Gasteiger partial charge in [0.25, 0.3) is 17.8 Å². The van der Waals surface area contributed by atoms with Gasteiger partial charge in [0.1, 0.15) is 29.1 Å². The summed E-state index contributed by atoms with van der Waals surface area (Å²) in [5, 5.41) is 94.3. The summed E-state index contributed by atoms with van der Waals surface area (Å²) >= 11 is 52.3. The first-order chi connectivity index (χ1) is 61.3. The van der Waals surface area contributed by atoms with Crippen LogP contribution in [-0.4, -0.2) is 202 Å². The van der Waals surface area contributed by atoms with Crippen LogP contribution in [0.2, 0.25) is 45.7 Å². The normalized spacial score (nSPS) is 10.9. The summed E-state index contributed by atoms with van der Waals surface area (Å²) in [6, 6.07) is 12.4. The molecule has 0 spiro atoms. The molecule has 0 bridgehead atoms. The number of hydrogen-bond acceptors (Lipinski definition) is 32. The summed E-state index contributed by atoms with van der Waals surface area (Å²) < 4.78 is 4.99. The molecular weight excluding hydrogens is 2120 g/mol. The van der Waals surface area contributed by atoms with Gasteiger partial charge in [-0.15, -0.1) is 31.6 Å². The number of carbonyl (C=O) groups excluding carboxylic acids is 3. The number of hydrogen-bond donors (Lipinski definition) is 3. The maximum Gasteiger partial charge on any atom is 1.00 e. The Morgan fingerprint density at radius 1 is 0.473 bits per heavy atom. The zero-order valence-electron chi connectivity index (χ0n) is 70.4.